The first-order valence-electron chi connectivity index (χ1n) is 15.0. The van der Waals surface area contributed by atoms with Gasteiger partial charge in [0.25, 0.3) is 0 Å². The maximum absolute atomic E-state index is 11.8. The van der Waals surface area contributed by atoms with Crippen molar-refractivity contribution >= 4 is 39.8 Å². The molecule has 0 spiro atoms. The summed E-state index contributed by atoms with van der Waals surface area (Å²) in [6.45, 7) is 9.03. The van der Waals surface area contributed by atoms with Crippen molar-refractivity contribution < 1.29 is 15.6 Å². The zero-order valence-electron chi connectivity index (χ0n) is 24.5. The minimum atomic E-state index is 1.01. The molecule has 0 amide bonds. The second-order valence-corrected chi connectivity index (χ2v) is 15.5. The molecule has 2 nitrogen and oxygen atoms in total. The molecule has 2 aromatic carbocycles. The summed E-state index contributed by atoms with van der Waals surface area (Å²) in [5, 5.41) is 0. The summed E-state index contributed by atoms with van der Waals surface area (Å²) in [4.78, 5) is 0. The molecule has 1 heterocycles. The first kappa shape index (κ1) is 34.2. The standard InChI is InChI=1S/C34H48N2.2BrH.Ni/c1-5-9-13-14-18-28-20-16-22-30(26-28)34-32(24-12-8-4)31(23-11-7-3)33(36(34)35)29-21-15-19-27(25-29)17-10-6-2;;;/h15-16,19-22,25-26H,5-14,17-18,23-24H2,1-4H3;2*1H;/q;;;+2/p-2. The van der Waals surface area contributed by atoms with Crippen molar-refractivity contribution in [3.8, 4) is 0 Å². The van der Waals surface area contributed by atoms with Crippen LogP contribution in [0, 0.1) is 0 Å². The van der Waals surface area contributed by atoms with Gasteiger partial charge in [0.1, 0.15) is 0 Å². The summed E-state index contributed by atoms with van der Waals surface area (Å²) in [5.74, 6) is 0. The van der Waals surface area contributed by atoms with Crippen LogP contribution in [0.15, 0.2) is 59.7 Å². The minimum absolute atomic E-state index is 1.01. The van der Waals surface area contributed by atoms with E-state index in [4.69, 9.17) is 0 Å². The van der Waals surface area contributed by atoms with E-state index in [0.29, 0.717) is 0 Å². The van der Waals surface area contributed by atoms with Crippen LogP contribution in [0.3, 0.4) is 0 Å². The number of aryl methyl sites for hydroxylation is 2. The molecule has 0 saturated heterocycles. The van der Waals surface area contributed by atoms with Gasteiger partial charge in [0, 0.05) is 22.3 Å². The number of rotatable bonds is 16. The Bertz CT molecular complexity index is 1090. The Morgan fingerprint density at radius 3 is 1.44 bits per heavy atom. The van der Waals surface area contributed by atoms with Crippen LogP contribution in [0.4, 0.5) is 0 Å². The zero-order chi connectivity index (χ0) is 28.5. The van der Waals surface area contributed by atoms with Crippen molar-refractivity contribution in [2.75, 3.05) is 0 Å². The molecule has 0 N–H and O–H groups in total. The molecule has 39 heavy (non-hydrogen) atoms. The molecule has 0 unspecified atom stereocenters. The van der Waals surface area contributed by atoms with Gasteiger partial charge in [-0.15, -0.1) is 0 Å². The predicted octanol–water partition coefficient (Wildman–Crippen LogP) is 12.4. The van der Waals surface area contributed by atoms with Crippen molar-refractivity contribution in [3.05, 3.63) is 87.5 Å². The van der Waals surface area contributed by atoms with E-state index in [2.05, 4.69) is 105 Å². The third-order valence-electron chi connectivity index (χ3n) is 7.46. The van der Waals surface area contributed by atoms with Crippen molar-refractivity contribution in [1.29, 1.82) is 0 Å². The Balaban J connectivity index is 0.00000170. The topological polar surface area (TPSA) is 25.3 Å². The van der Waals surface area contributed by atoms with Gasteiger partial charge in [0.2, 0.25) is 11.4 Å². The Hall–Kier alpha value is -1.03. The monoisotopic (exact) mass is 700 g/mol. The number of hydrogen-bond donors (Lipinski definition) is 0. The molecule has 0 atom stereocenters. The molecule has 3 rings (SSSR count). The molecule has 218 valence electrons. The summed E-state index contributed by atoms with van der Waals surface area (Å²) in [6, 6.07) is 17.8. The van der Waals surface area contributed by atoms with Gasteiger partial charge < -0.3 is 5.53 Å². The summed E-state index contributed by atoms with van der Waals surface area (Å²) in [7, 11) is 1.25. The number of allylic oxidation sites excluding steroid dienone is 2. The van der Waals surface area contributed by atoms with Crippen LogP contribution in [0.5, 0.6) is 0 Å². The van der Waals surface area contributed by atoms with Crippen LogP contribution < -0.4 is 0 Å². The molecule has 0 saturated carbocycles. The van der Waals surface area contributed by atoms with E-state index in [-0.39, 0.29) is 0 Å². The van der Waals surface area contributed by atoms with Crippen LogP contribution in [0.2, 0.25) is 0 Å². The molecular formula is C34H48Br2N2Ni. The van der Waals surface area contributed by atoms with Crippen LogP contribution in [0.1, 0.15) is 127 Å². The molecule has 0 aliphatic carbocycles. The van der Waals surface area contributed by atoms with Crippen molar-refractivity contribution in [2.24, 2.45) is 0 Å². The van der Waals surface area contributed by atoms with Gasteiger partial charge in [-0.3, -0.25) is 0 Å². The predicted molar refractivity (Wildman–Crippen MR) is 174 cm³/mol. The summed E-state index contributed by atoms with van der Waals surface area (Å²) < 4.78 is 1.55. The number of halogens is 2. The first-order valence-corrected chi connectivity index (χ1v) is 19.9. The third-order valence-corrected chi connectivity index (χ3v) is 7.46. The van der Waals surface area contributed by atoms with E-state index < -0.39 is 0 Å². The second kappa shape index (κ2) is 19.9. The zero-order valence-corrected chi connectivity index (χ0v) is 28.6. The third kappa shape index (κ3) is 10.7. The van der Waals surface area contributed by atoms with Gasteiger partial charge in [-0.25, -0.2) is 4.70 Å². The molecular weight excluding hydrogens is 655 g/mol. The fourth-order valence-corrected chi connectivity index (χ4v) is 5.38. The van der Waals surface area contributed by atoms with Gasteiger partial charge in [-0.2, -0.15) is 0 Å². The van der Waals surface area contributed by atoms with Gasteiger partial charge in [0.15, 0.2) is 0 Å². The first-order chi connectivity index (χ1) is 19.1. The Kier molecular flexibility index (Phi) is 17.5. The number of nitrogens with zero attached hydrogens (tertiary/aromatic N) is 2. The van der Waals surface area contributed by atoms with E-state index in [1.54, 1.807) is 4.70 Å². The fourth-order valence-electron chi connectivity index (χ4n) is 5.38. The summed E-state index contributed by atoms with van der Waals surface area (Å²) in [6.07, 6.45) is 16.3. The number of hydrogen-bond acceptors (Lipinski definition) is 0. The van der Waals surface area contributed by atoms with E-state index >= 15 is 0 Å². The molecule has 1 aliphatic heterocycles. The maximum atomic E-state index is 11.8. The van der Waals surface area contributed by atoms with Gasteiger partial charge in [0.05, 0.1) is 0 Å². The molecule has 2 aromatic rings. The van der Waals surface area contributed by atoms with Gasteiger partial charge in [-0.1, -0.05) is 90.5 Å². The second-order valence-electron chi connectivity index (χ2n) is 10.5. The van der Waals surface area contributed by atoms with E-state index in [0.717, 1.165) is 73.9 Å². The number of benzene rings is 2. The molecule has 0 fully saturated rings. The van der Waals surface area contributed by atoms with Crippen LogP contribution in [-0.4, -0.2) is 4.70 Å². The van der Waals surface area contributed by atoms with Crippen molar-refractivity contribution in [3.63, 3.8) is 0 Å². The Morgan fingerprint density at radius 1 is 0.590 bits per heavy atom. The molecule has 0 aromatic heterocycles. The van der Waals surface area contributed by atoms with Gasteiger partial charge in [-0.05, 0) is 86.8 Å². The quantitative estimate of drug-likeness (QED) is 0.0945. The summed E-state index contributed by atoms with van der Waals surface area (Å²) >= 11 is 6.00. The normalized spacial score (nSPS) is 13.3. The Morgan fingerprint density at radius 2 is 1.00 bits per heavy atom. The molecule has 0 radical (unpaired) electrons. The average Bonchev–Trinajstić information content (AvgIpc) is 3.23. The van der Waals surface area contributed by atoms with Gasteiger partial charge >= 0.3 is 39.3 Å². The fraction of sp³-hybridized carbons (Fsp3) is 0.529. The Labute approximate surface area is 259 Å². The van der Waals surface area contributed by atoms with Crippen molar-refractivity contribution in [1.82, 2.24) is 0 Å². The van der Waals surface area contributed by atoms with Crippen molar-refractivity contribution in [2.45, 2.75) is 118 Å². The summed E-state index contributed by atoms with van der Waals surface area (Å²) in [5.41, 5.74) is 21.6. The van der Waals surface area contributed by atoms with Crippen LogP contribution in [-0.2, 0) is 23.7 Å². The average molecular weight is 703 g/mol. The van der Waals surface area contributed by atoms with Crippen LogP contribution >= 0.6 is 28.5 Å². The molecule has 1 aliphatic rings. The molecule has 0 bridgehead atoms. The van der Waals surface area contributed by atoms with E-state index in [9.17, 15) is 5.53 Å². The molecule has 5 heteroatoms. The SMILES string of the molecule is CCCCCCc1cccc(C2=C(CCCC)C(CCCC)=C(c3cccc(CCCC)c3)[N+]2=[N-])c1.[Br][Ni][Br]. The van der Waals surface area contributed by atoms with E-state index in [1.807, 2.05) is 0 Å². The number of unbranched alkanes of at least 4 members (excludes halogenated alkanes) is 6. The van der Waals surface area contributed by atoms with Crippen LogP contribution in [0.25, 0.3) is 16.9 Å². The van der Waals surface area contributed by atoms with E-state index in [1.165, 1.54) is 71.7 Å².